The highest BCUT2D eigenvalue weighted by atomic mass is 16.6. The van der Waals surface area contributed by atoms with Crippen LogP contribution in [-0.4, -0.2) is 59.1 Å². The molecule has 8 nitrogen and oxygen atoms in total. The number of benzene rings is 1. The van der Waals surface area contributed by atoms with Crippen LogP contribution in [0, 0.1) is 5.41 Å². The van der Waals surface area contributed by atoms with Gasteiger partial charge in [0.2, 0.25) is 0 Å². The normalized spacial score (nSPS) is 21.8. The quantitative estimate of drug-likeness (QED) is 0.623. The van der Waals surface area contributed by atoms with Crippen LogP contribution in [-0.2, 0) is 16.0 Å². The highest BCUT2D eigenvalue weighted by molar-refractivity contribution is 5.68. The summed E-state index contributed by atoms with van der Waals surface area (Å²) in [6.45, 7) is 7.13. The molecular weight excluding hydrogens is 446 g/mol. The lowest BCUT2D eigenvalue weighted by Crippen LogP contribution is -2.63. The SMILES string of the molecule is COc1ccccc1-c1cc(=O)n(C[C@]2(OC)CCN(C(=O)OC(C)(C)C)CC23CCCC3)cn1. The van der Waals surface area contributed by atoms with Crippen molar-refractivity contribution < 1.29 is 19.0 Å². The lowest BCUT2D eigenvalue weighted by Gasteiger charge is -2.54. The molecule has 4 rings (SSSR count). The van der Waals surface area contributed by atoms with Gasteiger partial charge in [0.1, 0.15) is 11.4 Å². The summed E-state index contributed by atoms with van der Waals surface area (Å²) in [4.78, 5) is 32.5. The minimum Gasteiger partial charge on any atom is -0.496 e. The third-order valence-corrected chi connectivity index (χ3v) is 7.54. The second-order valence-electron chi connectivity index (χ2n) is 10.8. The highest BCUT2D eigenvalue weighted by Crippen LogP contribution is 2.53. The predicted molar refractivity (Wildman–Crippen MR) is 134 cm³/mol. The van der Waals surface area contributed by atoms with Crippen LogP contribution < -0.4 is 10.3 Å². The standard InChI is InChI=1S/C27H37N3O5/c1-25(2,3)35-24(32)29-15-14-27(34-5,26(17-29)12-8-9-13-26)18-30-19-28-21(16-23(30)31)20-10-6-7-11-22(20)33-4/h6-7,10-11,16,19H,8-9,12-15,17-18H2,1-5H3/t27-/m1/s1. The van der Waals surface area contributed by atoms with Crippen LogP contribution in [0.5, 0.6) is 5.75 Å². The van der Waals surface area contributed by atoms with Crippen LogP contribution in [0.25, 0.3) is 11.3 Å². The molecule has 0 radical (unpaired) electrons. The monoisotopic (exact) mass is 483 g/mol. The molecule has 0 unspecified atom stereocenters. The Balaban J connectivity index is 1.62. The molecule has 1 amide bonds. The lowest BCUT2D eigenvalue weighted by molar-refractivity contribution is -0.161. The van der Waals surface area contributed by atoms with Crippen molar-refractivity contribution in [2.24, 2.45) is 5.41 Å². The number of amides is 1. The molecule has 2 aromatic rings. The molecule has 1 spiro atoms. The van der Waals surface area contributed by atoms with Crippen molar-refractivity contribution in [2.75, 3.05) is 27.3 Å². The number of aromatic nitrogens is 2. The Bertz CT molecular complexity index is 1120. The fourth-order valence-electron chi connectivity index (χ4n) is 5.77. The molecule has 1 saturated carbocycles. The van der Waals surface area contributed by atoms with Gasteiger partial charge < -0.3 is 19.1 Å². The van der Waals surface area contributed by atoms with E-state index in [1.807, 2.05) is 49.9 Å². The van der Waals surface area contributed by atoms with Crippen molar-refractivity contribution in [3.05, 3.63) is 47.0 Å². The van der Waals surface area contributed by atoms with E-state index in [1.54, 1.807) is 31.2 Å². The number of hydrogen-bond acceptors (Lipinski definition) is 6. The van der Waals surface area contributed by atoms with E-state index >= 15 is 0 Å². The molecule has 1 aromatic heterocycles. The number of likely N-dealkylation sites (tertiary alicyclic amines) is 1. The van der Waals surface area contributed by atoms with Gasteiger partial charge in [-0.1, -0.05) is 25.0 Å². The Morgan fingerprint density at radius 3 is 2.46 bits per heavy atom. The fraction of sp³-hybridized carbons (Fsp3) is 0.593. The molecule has 1 aromatic carbocycles. The third-order valence-electron chi connectivity index (χ3n) is 7.54. The number of ether oxygens (including phenoxy) is 3. The molecule has 8 heteroatoms. The Hall–Kier alpha value is -2.87. The number of rotatable bonds is 5. The summed E-state index contributed by atoms with van der Waals surface area (Å²) in [5.41, 5.74) is -0.140. The summed E-state index contributed by atoms with van der Waals surface area (Å²) >= 11 is 0. The van der Waals surface area contributed by atoms with Crippen LogP contribution in [0.2, 0.25) is 0 Å². The number of piperidine rings is 1. The number of carbonyl (C=O) groups is 1. The van der Waals surface area contributed by atoms with E-state index < -0.39 is 11.2 Å². The molecule has 2 aliphatic rings. The number of para-hydroxylation sites is 1. The van der Waals surface area contributed by atoms with Gasteiger partial charge in [-0.2, -0.15) is 0 Å². The van der Waals surface area contributed by atoms with E-state index in [0.717, 1.165) is 31.2 Å². The number of methoxy groups -OCH3 is 2. The summed E-state index contributed by atoms with van der Waals surface area (Å²) in [6, 6.07) is 9.08. The molecule has 1 aliphatic heterocycles. The first kappa shape index (κ1) is 25.2. The molecule has 2 fully saturated rings. The zero-order chi connectivity index (χ0) is 25.3. The molecule has 1 aliphatic carbocycles. The fourth-order valence-corrected chi connectivity index (χ4v) is 5.77. The Kier molecular flexibility index (Phi) is 6.95. The number of carbonyl (C=O) groups excluding carboxylic acids is 1. The van der Waals surface area contributed by atoms with Crippen molar-refractivity contribution in [2.45, 2.75) is 70.6 Å². The van der Waals surface area contributed by atoms with Crippen molar-refractivity contribution in [1.29, 1.82) is 0 Å². The lowest BCUT2D eigenvalue weighted by atomic mass is 9.65. The van der Waals surface area contributed by atoms with E-state index in [0.29, 0.717) is 37.5 Å². The molecule has 190 valence electrons. The maximum atomic E-state index is 13.2. The van der Waals surface area contributed by atoms with Gasteiger partial charge in [-0.3, -0.25) is 9.36 Å². The summed E-state index contributed by atoms with van der Waals surface area (Å²) < 4.78 is 19.0. The van der Waals surface area contributed by atoms with E-state index in [1.165, 1.54) is 0 Å². The van der Waals surface area contributed by atoms with Crippen LogP contribution in [0.1, 0.15) is 52.9 Å². The Morgan fingerprint density at radius 2 is 1.83 bits per heavy atom. The minimum atomic E-state index is -0.570. The molecule has 2 heterocycles. The first-order valence-electron chi connectivity index (χ1n) is 12.3. The average molecular weight is 484 g/mol. The predicted octanol–water partition coefficient (Wildman–Crippen LogP) is 4.51. The minimum absolute atomic E-state index is 0.139. The first-order valence-corrected chi connectivity index (χ1v) is 12.3. The summed E-state index contributed by atoms with van der Waals surface area (Å²) in [5.74, 6) is 0.671. The molecule has 0 bridgehead atoms. The molecular formula is C27H37N3O5. The zero-order valence-corrected chi connectivity index (χ0v) is 21.5. The van der Waals surface area contributed by atoms with Gasteiger partial charge in [0.25, 0.3) is 5.56 Å². The number of hydrogen-bond donors (Lipinski definition) is 0. The van der Waals surface area contributed by atoms with Crippen molar-refractivity contribution >= 4 is 6.09 Å². The summed E-state index contributed by atoms with van der Waals surface area (Å²) in [7, 11) is 3.33. The van der Waals surface area contributed by atoms with Crippen molar-refractivity contribution in [3.8, 4) is 17.0 Å². The second kappa shape index (κ2) is 9.64. The third kappa shape index (κ3) is 4.94. The van der Waals surface area contributed by atoms with Gasteiger partial charge in [-0.25, -0.2) is 9.78 Å². The van der Waals surface area contributed by atoms with Gasteiger partial charge in [0, 0.05) is 37.2 Å². The topological polar surface area (TPSA) is 82.9 Å². The van der Waals surface area contributed by atoms with Gasteiger partial charge in [-0.15, -0.1) is 0 Å². The van der Waals surface area contributed by atoms with E-state index in [-0.39, 0.29) is 17.1 Å². The van der Waals surface area contributed by atoms with E-state index in [2.05, 4.69) is 4.98 Å². The van der Waals surface area contributed by atoms with Gasteiger partial charge in [0.15, 0.2) is 0 Å². The van der Waals surface area contributed by atoms with E-state index in [4.69, 9.17) is 14.2 Å². The summed E-state index contributed by atoms with van der Waals surface area (Å²) in [5, 5.41) is 0. The van der Waals surface area contributed by atoms with Crippen LogP contribution in [0.4, 0.5) is 4.79 Å². The zero-order valence-electron chi connectivity index (χ0n) is 21.5. The Morgan fingerprint density at radius 1 is 1.11 bits per heavy atom. The maximum Gasteiger partial charge on any atom is 0.410 e. The Labute approximate surface area is 207 Å². The van der Waals surface area contributed by atoms with Gasteiger partial charge in [0.05, 0.1) is 31.3 Å². The van der Waals surface area contributed by atoms with E-state index in [9.17, 15) is 9.59 Å². The molecule has 1 atom stereocenters. The maximum absolute atomic E-state index is 13.2. The highest BCUT2D eigenvalue weighted by Gasteiger charge is 2.57. The smallest absolute Gasteiger partial charge is 0.410 e. The molecule has 1 saturated heterocycles. The van der Waals surface area contributed by atoms with Gasteiger partial charge >= 0.3 is 6.09 Å². The first-order chi connectivity index (χ1) is 16.6. The second-order valence-corrected chi connectivity index (χ2v) is 10.8. The molecule has 35 heavy (non-hydrogen) atoms. The largest absolute Gasteiger partial charge is 0.496 e. The summed E-state index contributed by atoms with van der Waals surface area (Å²) in [6.07, 6.45) is 5.99. The van der Waals surface area contributed by atoms with Crippen molar-refractivity contribution in [3.63, 3.8) is 0 Å². The molecule has 0 N–H and O–H groups in total. The van der Waals surface area contributed by atoms with Crippen LogP contribution in [0.3, 0.4) is 0 Å². The number of nitrogens with zero attached hydrogens (tertiary/aromatic N) is 3. The van der Waals surface area contributed by atoms with Crippen LogP contribution in [0.15, 0.2) is 41.5 Å². The van der Waals surface area contributed by atoms with Crippen LogP contribution >= 0.6 is 0 Å². The van der Waals surface area contributed by atoms with Gasteiger partial charge in [-0.05, 0) is 52.2 Å². The van der Waals surface area contributed by atoms with Crippen molar-refractivity contribution in [1.82, 2.24) is 14.5 Å². The average Bonchev–Trinajstić information content (AvgIpc) is 3.30.